The van der Waals surface area contributed by atoms with E-state index >= 15 is 0 Å². The van der Waals surface area contributed by atoms with Crippen molar-refractivity contribution in [1.29, 1.82) is 0 Å². The maximum atomic E-state index is 14.9. The number of rotatable bonds is 46. The summed E-state index contributed by atoms with van der Waals surface area (Å²) in [7, 11) is 0. The number of hydrogen-bond acceptors (Lipinski definition) is 18. The minimum absolute atomic E-state index is 0.0449. The lowest BCUT2D eigenvalue weighted by atomic mass is 9.86. The van der Waals surface area contributed by atoms with Gasteiger partial charge in [-0.15, -0.1) is 0 Å². The number of benzene rings is 4. The van der Waals surface area contributed by atoms with E-state index in [2.05, 4.69) is 47.4 Å². The number of ketones is 4. The molecule has 0 heterocycles. The molecule has 0 spiro atoms. The normalized spacial score (nSPS) is 11.6. The second-order valence-corrected chi connectivity index (χ2v) is 25.5. The molecule has 5 rings (SSSR count). The molecule has 1 aliphatic carbocycles. The molecule has 8 bridgehead atoms. The maximum absolute atomic E-state index is 14.9. The van der Waals surface area contributed by atoms with Gasteiger partial charge in [0.2, 0.25) is 0 Å². The van der Waals surface area contributed by atoms with Gasteiger partial charge in [-0.1, -0.05) is 124 Å². The van der Waals surface area contributed by atoms with Gasteiger partial charge in [0, 0.05) is 90.3 Å². The number of carbonyl (C=O) groups is 9. The van der Waals surface area contributed by atoms with Gasteiger partial charge < -0.3 is 42.6 Å². The van der Waals surface area contributed by atoms with Crippen molar-refractivity contribution in [3.63, 3.8) is 0 Å². The highest BCUT2D eigenvalue weighted by atomic mass is 16.6. The van der Waals surface area contributed by atoms with Gasteiger partial charge in [0.1, 0.15) is 82.3 Å². The topological polar surface area (TPSA) is 237 Å². The van der Waals surface area contributed by atoms with E-state index < -0.39 is 36.3 Å². The maximum Gasteiger partial charge on any atom is 0.333 e. The first-order valence-electron chi connectivity index (χ1n) is 35.7. The number of Topliss-reactive ketones (excluding diaryl/α,β-unsaturated/α-hetero) is 4. The van der Waals surface area contributed by atoms with Crippen molar-refractivity contribution in [2.45, 2.75) is 216 Å². The first-order chi connectivity index (χ1) is 47.6. The summed E-state index contributed by atoms with van der Waals surface area (Å²) in [5, 5.41) is 0. The number of esters is 5. The zero-order valence-electron chi connectivity index (χ0n) is 60.1. The Morgan fingerprint density at radius 3 is 0.737 bits per heavy atom. The zero-order chi connectivity index (χ0) is 72.2. The van der Waals surface area contributed by atoms with E-state index in [1.807, 2.05) is 0 Å². The van der Waals surface area contributed by atoms with Crippen LogP contribution in [0.1, 0.15) is 276 Å². The lowest BCUT2D eigenvalue weighted by molar-refractivity contribution is -0.154. The molecule has 538 valence electrons. The third kappa shape index (κ3) is 27.2. The molecule has 0 aromatic heterocycles. The van der Waals surface area contributed by atoms with Gasteiger partial charge in [-0.25, -0.2) is 14.4 Å². The summed E-state index contributed by atoms with van der Waals surface area (Å²) in [5.74, 6) is -2.91. The summed E-state index contributed by atoms with van der Waals surface area (Å²) in [6.07, 6.45) is 13.3. The van der Waals surface area contributed by atoms with Crippen molar-refractivity contribution in [3.05, 3.63) is 152 Å². The Balaban J connectivity index is 2.03. The van der Waals surface area contributed by atoms with Gasteiger partial charge >= 0.3 is 29.8 Å². The van der Waals surface area contributed by atoms with E-state index in [-0.39, 0.29) is 156 Å². The molecule has 4 aromatic carbocycles. The standard InChI is InChI=1S/C81H106O18/c1-12-17-21-25-29-69(82)57-41-61-49-63-43-58(70(83)30-26-22-18-13-2)45-65(76(63)94-35-38-97-79(88)54(6)7)51-67-47-60(72(85)32-28-24-20-15-4)48-68(78(67)96-37-40-99-81(90)56(10)11)52-66-46-59(71(84)31-27-23-19-14-3)44-64(77(66)95-36-39-98-80(89)55(8)9)50-62(42-57)75(61)93-34-33-92-74(87)53-73(86)91-16-5/h41-48H,6,8,10,12-40,49-53H2,1-5,7,9,11H3. The molecule has 18 heteroatoms. The fourth-order valence-corrected chi connectivity index (χ4v) is 11.6. The van der Waals surface area contributed by atoms with Crippen molar-refractivity contribution >= 4 is 53.0 Å². The molecule has 0 unspecified atom stereocenters. The number of fused-ring (bicyclic) bond motifs is 8. The van der Waals surface area contributed by atoms with Gasteiger partial charge in [0.25, 0.3) is 0 Å². The zero-order valence-corrected chi connectivity index (χ0v) is 60.1. The van der Waals surface area contributed by atoms with Crippen LogP contribution < -0.4 is 18.9 Å². The molecule has 1 aliphatic rings. The lowest BCUT2D eigenvalue weighted by Gasteiger charge is -2.25. The Bertz CT molecular complexity index is 3320. The number of hydrogen-bond donors (Lipinski definition) is 0. The van der Waals surface area contributed by atoms with Gasteiger partial charge in [-0.2, -0.15) is 0 Å². The summed E-state index contributed by atoms with van der Waals surface area (Å²) < 4.78 is 54.8. The number of carbonyl (C=O) groups excluding carboxylic acids is 9. The Kier molecular flexibility index (Phi) is 35.7. The third-order valence-electron chi connectivity index (χ3n) is 16.7. The average molecular weight is 1370 g/mol. The van der Waals surface area contributed by atoms with Crippen LogP contribution in [0.4, 0.5) is 0 Å². The van der Waals surface area contributed by atoms with E-state index in [0.717, 1.165) is 77.0 Å². The quantitative estimate of drug-likeness (QED) is 0.00879. The number of unbranched alkanes of at least 4 members (excludes halogenated alkanes) is 12. The largest absolute Gasteiger partial charge is 0.489 e. The highest BCUT2D eigenvalue weighted by molar-refractivity contribution is 5.99. The molecule has 0 N–H and O–H groups in total. The minimum Gasteiger partial charge on any atom is -0.489 e. The van der Waals surface area contributed by atoms with E-state index in [9.17, 15) is 43.2 Å². The summed E-state index contributed by atoms with van der Waals surface area (Å²) in [4.78, 5) is 124. The van der Waals surface area contributed by atoms with Crippen molar-refractivity contribution in [2.24, 2.45) is 0 Å². The molecule has 99 heavy (non-hydrogen) atoms. The van der Waals surface area contributed by atoms with Gasteiger partial charge in [0.15, 0.2) is 23.1 Å². The molecular formula is C81H106O18. The van der Waals surface area contributed by atoms with Crippen LogP contribution in [-0.2, 0) is 73.3 Å². The molecule has 0 saturated heterocycles. The summed E-state index contributed by atoms with van der Waals surface area (Å²) in [6, 6.07) is 14.2. The molecule has 0 saturated carbocycles. The van der Waals surface area contributed by atoms with Crippen LogP contribution in [-0.4, -0.2) is 112 Å². The van der Waals surface area contributed by atoms with E-state index in [1.54, 1.807) is 55.5 Å². The highest BCUT2D eigenvalue weighted by Gasteiger charge is 2.28. The van der Waals surface area contributed by atoms with Crippen LogP contribution in [0.3, 0.4) is 0 Å². The minimum atomic E-state index is -0.838. The second kappa shape index (κ2) is 43.7. The van der Waals surface area contributed by atoms with Gasteiger partial charge in [-0.3, -0.25) is 28.8 Å². The van der Waals surface area contributed by atoms with Crippen LogP contribution in [0.25, 0.3) is 0 Å². The molecule has 4 aromatic rings. The smallest absolute Gasteiger partial charge is 0.333 e. The fourth-order valence-electron chi connectivity index (χ4n) is 11.6. The number of ether oxygens (including phenoxy) is 9. The average Bonchev–Trinajstić information content (AvgIpc) is 0.774. The molecule has 0 aliphatic heterocycles. The predicted octanol–water partition coefficient (Wildman–Crippen LogP) is 16.3. The van der Waals surface area contributed by atoms with Gasteiger partial charge in [0.05, 0.1) is 6.61 Å². The van der Waals surface area contributed by atoms with Crippen molar-refractivity contribution in [3.8, 4) is 23.0 Å². The molecule has 18 nitrogen and oxygen atoms in total. The molecule has 0 radical (unpaired) electrons. The van der Waals surface area contributed by atoms with E-state index in [0.29, 0.717) is 110 Å². The van der Waals surface area contributed by atoms with Crippen LogP contribution in [0, 0.1) is 0 Å². The Morgan fingerprint density at radius 2 is 0.525 bits per heavy atom. The predicted molar refractivity (Wildman–Crippen MR) is 381 cm³/mol. The van der Waals surface area contributed by atoms with Crippen molar-refractivity contribution < 1.29 is 85.8 Å². The monoisotopic (exact) mass is 1370 g/mol. The van der Waals surface area contributed by atoms with Crippen LogP contribution in [0.5, 0.6) is 23.0 Å². The van der Waals surface area contributed by atoms with Crippen LogP contribution in [0.15, 0.2) is 85.0 Å². The Morgan fingerprint density at radius 1 is 0.303 bits per heavy atom. The summed E-state index contributed by atoms with van der Waals surface area (Å²) in [6.45, 7) is 24.2. The summed E-state index contributed by atoms with van der Waals surface area (Å²) in [5.41, 5.74) is 5.73. The van der Waals surface area contributed by atoms with Crippen LogP contribution >= 0.6 is 0 Å². The second-order valence-electron chi connectivity index (χ2n) is 25.5. The SMILES string of the molecule is C=C(C)C(=O)OCCOc1c2cc(C(=O)CCCCCC)cc1Cc1cc(C(=O)CCCCCC)cc(c1OCCOC(=O)C(=C)C)Cc1cc(C(=O)CCCCCC)cc(c1OCCOC(=O)C(=C)C)Cc1cc(C(=O)CCCCCC)cc(c1OCCOC(=O)CC(=O)OCC)C2. The molecule has 0 fully saturated rings. The third-order valence-corrected chi connectivity index (χ3v) is 16.7. The van der Waals surface area contributed by atoms with E-state index in [1.165, 1.54) is 20.8 Å². The first-order valence-corrected chi connectivity index (χ1v) is 35.7. The summed E-state index contributed by atoms with van der Waals surface area (Å²) >= 11 is 0. The Labute approximate surface area is 586 Å². The van der Waals surface area contributed by atoms with Crippen LogP contribution in [0.2, 0.25) is 0 Å². The fraction of sp³-hybridized carbons (Fsp3) is 0.519. The molecular weight excluding hydrogens is 1260 g/mol. The lowest BCUT2D eigenvalue weighted by Crippen LogP contribution is -2.18. The van der Waals surface area contributed by atoms with Crippen molar-refractivity contribution in [2.75, 3.05) is 59.5 Å². The van der Waals surface area contributed by atoms with Gasteiger partial charge in [-0.05, 0) is 146 Å². The first kappa shape index (κ1) is 81.0. The highest BCUT2D eigenvalue weighted by Crippen LogP contribution is 2.42. The molecule has 0 amide bonds. The molecule has 0 atom stereocenters. The van der Waals surface area contributed by atoms with Crippen molar-refractivity contribution in [1.82, 2.24) is 0 Å². The van der Waals surface area contributed by atoms with E-state index in [4.69, 9.17) is 42.6 Å². The Hall–Kier alpha value is -8.67.